The standard InChI is InChI=1S/C18H32N4O/c1-5-16-9-7-8-10-17(16)15-21-18(19-6-2)20-11-12-22(3)13-14-23-4/h7-10H,5-6,11-15H2,1-4H3,(H2,19,20,21). The van der Waals surface area contributed by atoms with E-state index in [1.807, 2.05) is 0 Å². The lowest BCUT2D eigenvalue weighted by molar-refractivity contribution is 0.162. The highest BCUT2D eigenvalue weighted by atomic mass is 16.5. The highest BCUT2D eigenvalue weighted by Gasteiger charge is 2.02. The monoisotopic (exact) mass is 320 g/mol. The van der Waals surface area contributed by atoms with Gasteiger partial charge in [0.15, 0.2) is 5.96 Å². The number of benzene rings is 1. The summed E-state index contributed by atoms with van der Waals surface area (Å²) in [6, 6.07) is 8.50. The lowest BCUT2D eigenvalue weighted by Gasteiger charge is -2.18. The van der Waals surface area contributed by atoms with Gasteiger partial charge in [0.2, 0.25) is 0 Å². The molecule has 0 fully saturated rings. The van der Waals surface area contributed by atoms with Crippen molar-refractivity contribution in [3.05, 3.63) is 35.4 Å². The summed E-state index contributed by atoms with van der Waals surface area (Å²) in [6.07, 6.45) is 1.04. The van der Waals surface area contributed by atoms with Gasteiger partial charge in [0, 0.05) is 33.3 Å². The van der Waals surface area contributed by atoms with Crippen LogP contribution in [0.5, 0.6) is 0 Å². The molecule has 0 spiro atoms. The number of nitrogens with zero attached hydrogens (tertiary/aromatic N) is 2. The van der Waals surface area contributed by atoms with Gasteiger partial charge in [-0.15, -0.1) is 0 Å². The molecule has 1 aromatic carbocycles. The summed E-state index contributed by atoms with van der Waals surface area (Å²) in [5.74, 6) is 0.874. The van der Waals surface area contributed by atoms with E-state index in [0.29, 0.717) is 6.54 Å². The van der Waals surface area contributed by atoms with E-state index in [9.17, 15) is 0 Å². The van der Waals surface area contributed by atoms with Crippen molar-refractivity contribution in [1.29, 1.82) is 0 Å². The van der Waals surface area contributed by atoms with Crippen LogP contribution in [0.4, 0.5) is 0 Å². The first-order valence-electron chi connectivity index (χ1n) is 8.47. The molecule has 0 saturated carbocycles. The van der Waals surface area contributed by atoms with E-state index in [-0.39, 0.29) is 0 Å². The smallest absolute Gasteiger partial charge is 0.191 e. The van der Waals surface area contributed by atoms with Crippen molar-refractivity contribution in [3.63, 3.8) is 0 Å². The Hall–Kier alpha value is -1.59. The third kappa shape index (κ3) is 8.00. The van der Waals surface area contributed by atoms with Crippen LogP contribution in [0.2, 0.25) is 0 Å². The number of guanidine groups is 1. The quantitative estimate of drug-likeness (QED) is 0.510. The van der Waals surface area contributed by atoms with E-state index in [0.717, 1.165) is 45.2 Å². The van der Waals surface area contributed by atoms with Gasteiger partial charge in [0.05, 0.1) is 13.2 Å². The van der Waals surface area contributed by atoms with E-state index in [2.05, 4.69) is 60.7 Å². The molecule has 0 aliphatic heterocycles. The van der Waals surface area contributed by atoms with Crippen LogP contribution in [-0.4, -0.2) is 57.8 Å². The molecule has 5 nitrogen and oxygen atoms in total. The van der Waals surface area contributed by atoms with E-state index >= 15 is 0 Å². The normalized spacial score (nSPS) is 11.8. The minimum Gasteiger partial charge on any atom is -0.383 e. The Morgan fingerprint density at radius 3 is 2.52 bits per heavy atom. The highest BCUT2D eigenvalue weighted by molar-refractivity contribution is 5.79. The molecule has 2 N–H and O–H groups in total. The number of likely N-dealkylation sites (N-methyl/N-ethyl adjacent to an activating group) is 1. The first-order valence-corrected chi connectivity index (χ1v) is 8.47. The molecule has 0 aliphatic carbocycles. The SMILES string of the molecule is CCNC(=NCc1ccccc1CC)NCCN(C)CCOC. The van der Waals surface area contributed by atoms with Gasteiger partial charge in [-0.25, -0.2) is 4.99 Å². The molecule has 0 radical (unpaired) electrons. The van der Waals surface area contributed by atoms with Gasteiger partial charge in [0.25, 0.3) is 0 Å². The second-order valence-electron chi connectivity index (χ2n) is 5.54. The Balaban J connectivity index is 2.50. The zero-order valence-corrected chi connectivity index (χ0v) is 15.1. The molecule has 0 saturated heterocycles. The third-order valence-electron chi connectivity index (χ3n) is 3.71. The van der Waals surface area contributed by atoms with Gasteiger partial charge in [-0.2, -0.15) is 0 Å². The van der Waals surface area contributed by atoms with Crippen LogP contribution in [0, 0.1) is 0 Å². The fraction of sp³-hybridized carbons (Fsp3) is 0.611. The van der Waals surface area contributed by atoms with Crippen molar-refractivity contribution in [1.82, 2.24) is 15.5 Å². The third-order valence-corrected chi connectivity index (χ3v) is 3.71. The molecular weight excluding hydrogens is 288 g/mol. The molecule has 23 heavy (non-hydrogen) atoms. The zero-order chi connectivity index (χ0) is 16.9. The van der Waals surface area contributed by atoms with Crippen molar-refractivity contribution in [2.75, 3.05) is 46.9 Å². The first kappa shape index (κ1) is 19.5. The number of methoxy groups -OCH3 is 1. The van der Waals surface area contributed by atoms with Crippen molar-refractivity contribution in [2.24, 2.45) is 4.99 Å². The van der Waals surface area contributed by atoms with Crippen molar-refractivity contribution in [3.8, 4) is 0 Å². The highest BCUT2D eigenvalue weighted by Crippen LogP contribution is 2.10. The first-order chi connectivity index (χ1) is 11.2. The van der Waals surface area contributed by atoms with Crippen LogP contribution in [0.1, 0.15) is 25.0 Å². The van der Waals surface area contributed by atoms with E-state index in [1.165, 1.54) is 11.1 Å². The maximum atomic E-state index is 5.09. The second-order valence-corrected chi connectivity index (χ2v) is 5.54. The summed E-state index contributed by atoms with van der Waals surface area (Å²) in [4.78, 5) is 6.95. The van der Waals surface area contributed by atoms with Crippen molar-refractivity contribution in [2.45, 2.75) is 26.8 Å². The largest absolute Gasteiger partial charge is 0.383 e. The van der Waals surface area contributed by atoms with Crippen LogP contribution in [0.15, 0.2) is 29.3 Å². The maximum Gasteiger partial charge on any atom is 0.191 e. The summed E-state index contributed by atoms with van der Waals surface area (Å²) in [7, 11) is 3.83. The van der Waals surface area contributed by atoms with Crippen LogP contribution in [-0.2, 0) is 17.7 Å². The molecule has 0 atom stereocenters. The summed E-state index contributed by atoms with van der Waals surface area (Å²) in [5.41, 5.74) is 2.66. The molecular formula is C18H32N4O. The van der Waals surface area contributed by atoms with Gasteiger partial charge in [0.1, 0.15) is 0 Å². The predicted octanol–water partition coefficient (Wildman–Crippen LogP) is 1.88. The summed E-state index contributed by atoms with van der Waals surface area (Å²) >= 11 is 0. The molecule has 5 heteroatoms. The van der Waals surface area contributed by atoms with E-state index in [4.69, 9.17) is 9.73 Å². The van der Waals surface area contributed by atoms with Gasteiger partial charge >= 0.3 is 0 Å². The summed E-state index contributed by atoms with van der Waals surface area (Å²) in [5, 5.41) is 6.70. The second kappa shape index (κ2) is 11.9. The molecule has 0 unspecified atom stereocenters. The number of hydrogen-bond acceptors (Lipinski definition) is 3. The minimum atomic E-state index is 0.707. The van der Waals surface area contributed by atoms with Gasteiger partial charge in [-0.05, 0) is 31.5 Å². The average Bonchev–Trinajstić information content (AvgIpc) is 2.58. The topological polar surface area (TPSA) is 48.9 Å². The summed E-state index contributed by atoms with van der Waals surface area (Å²) < 4.78 is 5.09. The Kier molecular flexibility index (Phi) is 10.1. The molecule has 1 rings (SSSR count). The lowest BCUT2D eigenvalue weighted by Crippen LogP contribution is -2.41. The predicted molar refractivity (Wildman–Crippen MR) is 98.0 cm³/mol. The fourth-order valence-electron chi connectivity index (χ4n) is 2.29. The molecule has 0 aromatic heterocycles. The van der Waals surface area contributed by atoms with E-state index < -0.39 is 0 Å². The van der Waals surface area contributed by atoms with E-state index in [1.54, 1.807) is 7.11 Å². The van der Waals surface area contributed by atoms with Crippen LogP contribution in [0.3, 0.4) is 0 Å². The lowest BCUT2D eigenvalue weighted by atomic mass is 10.1. The Bertz CT molecular complexity index is 462. The van der Waals surface area contributed by atoms with Crippen LogP contribution in [0.25, 0.3) is 0 Å². The van der Waals surface area contributed by atoms with Crippen LogP contribution >= 0.6 is 0 Å². The number of rotatable bonds is 10. The van der Waals surface area contributed by atoms with Gasteiger partial charge in [-0.1, -0.05) is 31.2 Å². The maximum absolute atomic E-state index is 5.09. The molecule has 0 bridgehead atoms. The van der Waals surface area contributed by atoms with Crippen molar-refractivity contribution >= 4 is 5.96 Å². The fourth-order valence-corrected chi connectivity index (χ4v) is 2.29. The Morgan fingerprint density at radius 1 is 1.13 bits per heavy atom. The molecule has 0 amide bonds. The number of aliphatic imine (C=N–C) groups is 1. The van der Waals surface area contributed by atoms with Crippen molar-refractivity contribution < 1.29 is 4.74 Å². The van der Waals surface area contributed by atoms with Gasteiger partial charge < -0.3 is 20.3 Å². The number of hydrogen-bond donors (Lipinski definition) is 2. The molecule has 130 valence electrons. The molecule has 0 heterocycles. The number of aryl methyl sites for hydroxylation is 1. The Morgan fingerprint density at radius 2 is 1.87 bits per heavy atom. The van der Waals surface area contributed by atoms with Gasteiger partial charge in [-0.3, -0.25) is 0 Å². The summed E-state index contributed by atoms with van der Waals surface area (Å²) in [6.45, 7) is 9.36. The molecule has 1 aromatic rings. The van der Waals surface area contributed by atoms with Crippen LogP contribution < -0.4 is 10.6 Å². The minimum absolute atomic E-state index is 0.707. The average molecular weight is 320 g/mol. The Labute approximate surface area is 141 Å². The molecule has 0 aliphatic rings. The zero-order valence-electron chi connectivity index (χ0n) is 15.1. The number of ether oxygens (including phenoxy) is 1. The number of nitrogens with one attached hydrogen (secondary N) is 2.